The zero-order valence-corrected chi connectivity index (χ0v) is 11.4. The van der Waals surface area contributed by atoms with Gasteiger partial charge in [-0.25, -0.2) is 0 Å². The lowest BCUT2D eigenvalue weighted by atomic mass is 9.85. The van der Waals surface area contributed by atoms with Crippen molar-refractivity contribution in [2.75, 3.05) is 20.2 Å². The molecule has 94 valence electrons. The van der Waals surface area contributed by atoms with Crippen LogP contribution in [-0.4, -0.2) is 20.2 Å². The van der Waals surface area contributed by atoms with E-state index in [2.05, 4.69) is 32.2 Å². The minimum atomic E-state index is 0.609. The summed E-state index contributed by atoms with van der Waals surface area (Å²) >= 11 is 0. The molecule has 0 saturated carbocycles. The molecule has 17 heavy (non-hydrogen) atoms. The topological polar surface area (TPSA) is 21.3 Å². The lowest BCUT2D eigenvalue weighted by Gasteiger charge is -2.27. The average molecular weight is 233 g/mol. The quantitative estimate of drug-likeness (QED) is 0.847. The molecule has 1 atom stereocenters. The molecule has 0 spiro atoms. The lowest BCUT2D eigenvalue weighted by Crippen LogP contribution is -2.29. The van der Waals surface area contributed by atoms with Crippen molar-refractivity contribution in [1.82, 2.24) is 5.32 Å². The van der Waals surface area contributed by atoms with Crippen molar-refractivity contribution >= 4 is 0 Å². The van der Waals surface area contributed by atoms with Gasteiger partial charge >= 0.3 is 0 Å². The number of ether oxygens (including phenoxy) is 1. The summed E-state index contributed by atoms with van der Waals surface area (Å²) in [5, 5.41) is 3.49. The maximum Gasteiger partial charge on any atom is 0.125 e. The standard InChI is InChI=1S/C15H23NO/c1-10-8-11(2)14(15(17-4)12(10)3)13-6-5-7-16-9-13/h8,13,16H,5-7,9H2,1-4H3. The van der Waals surface area contributed by atoms with Crippen molar-refractivity contribution in [3.8, 4) is 5.75 Å². The Bertz CT molecular complexity index is 406. The molecule has 1 aromatic carbocycles. The molecule has 1 aliphatic heterocycles. The zero-order chi connectivity index (χ0) is 12.4. The maximum atomic E-state index is 5.66. The van der Waals surface area contributed by atoms with Crippen molar-refractivity contribution in [3.05, 3.63) is 28.3 Å². The molecule has 0 amide bonds. The number of benzene rings is 1. The van der Waals surface area contributed by atoms with E-state index >= 15 is 0 Å². The molecule has 1 unspecified atom stereocenters. The van der Waals surface area contributed by atoms with Gasteiger partial charge in [-0.2, -0.15) is 0 Å². The highest BCUT2D eigenvalue weighted by Crippen LogP contribution is 2.37. The molecule has 0 bridgehead atoms. The van der Waals surface area contributed by atoms with E-state index in [1.165, 1.54) is 35.1 Å². The predicted molar refractivity (Wildman–Crippen MR) is 72.0 cm³/mol. The molecular formula is C15H23NO. The van der Waals surface area contributed by atoms with Crippen molar-refractivity contribution < 1.29 is 4.74 Å². The van der Waals surface area contributed by atoms with E-state index < -0.39 is 0 Å². The molecule has 1 N–H and O–H groups in total. The van der Waals surface area contributed by atoms with Gasteiger partial charge in [-0.1, -0.05) is 6.07 Å². The van der Waals surface area contributed by atoms with Gasteiger partial charge in [0.25, 0.3) is 0 Å². The Balaban J connectivity index is 2.47. The van der Waals surface area contributed by atoms with E-state index in [0.29, 0.717) is 5.92 Å². The molecule has 1 saturated heterocycles. The van der Waals surface area contributed by atoms with Gasteiger partial charge in [0.15, 0.2) is 0 Å². The SMILES string of the molecule is COc1c(C)c(C)cc(C)c1C1CCCNC1. The van der Waals surface area contributed by atoms with Gasteiger partial charge in [-0.3, -0.25) is 0 Å². The van der Waals surface area contributed by atoms with Gasteiger partial charge in [0, 0.05) is 18.0 Å². The number of hydrogen-bond acceptors (Lipinski definition) is 2. The number of aryl methyl sites for hydroxylation is 2. The van der Waals surface area contributed by atoms with E-state index in [9.17, 15) is 0 Å². The smallest absolute Gasteiger partial charge is 0.125 e. The molecule has 0 radical (unpaired) electrons. The van der Waals surface area contributed by atoms with Crippen LogP contribution in [0.4, 0.5) is 0 Å². The Hall–Kier alpha value is -1.02. The first-order valence-electron chi connectivity index (χ1n) is 6.50. The molecule has 2 rings (SSSR count). The summed E-state index contributed by atoms with van der Waals surface area (Å²) < 4.78 is 5.66. The minimum Gasteiger partial charge on any atom is -0.496 e. The highest BCUT2D eigenvalue weighted by Gasteiger charge is 2.22. The third-order valence-corrected chi connectivity index (χ3v) is 3.94. The van der Waals surface area contributed by atoms with E-state index in [0.717, 1.165) is 18.8 Å². The van der Waals surface area contributed by atoms with Crippen LogP contribution in [0.2, 0.25) is 0 Å². The van der Waals surface area contributed by atoms with E-state index in [1.54, 1.807) is 7.11 Å². The van der Waals surface area contributed by atoms with Crippen LogP contribution in [0, 0.1) is 20.8 Å². The molecule has 2 heteroatoms. The third kappa shape index (κ3) is 2.32. The van der Waals surface area contributed by atoms with Crippen molar-refractivity contribution in [2.24, 2.45) is 0 Å². The molecule has 0 aliphatic carbocycles. The second-order valence-corrected chi connectivity index (χ2v) is 5.13. The third-order valence-electron chi connectivity index (χ3n) is 3.94. The van der Waals surface area contributed by atoms with E-state index in [-0.39, 0.29) is 0 Å². The molecule has 1 fully saturated rings. The Morgan fingerprint density at radius 3 is 2.59 bits per heavy atom. The van der Waals surface area contributed by atoms with Crippen LogP contribution in [0.25, 0.3) is 0 Å². The Kier molecular flexibility index (Phi) is 3.72. The minimum absolute atomic E-state index is 0.609. The van der Waals surface area contributed by atoms with E-state index in [4.69, 9.17) is 4.74 Å². The van der Waals surface area contributed by atoms with Gasteiger partial charge in [-0.15, -0.1) is 0 Å². The summed E-state index contributed by atoms with van der Waals surface area (Å²) in [7, 11) is 1.79. The number of hydrogen-bond donors (Lipinski definition) is 1. The van der Waals surface area contributed by atoms with Crippen molar-refractivity contribution in [2.45, 2.75) is 39.5 Å². The fourth-order valence-electron chi connectivity index (χ4n) is 2.94. The molecule has 1 aliphatic rings. The normalized spacial score (nSPS) is 20.4. The lowest BCUT2D eigenvalue weighted by molar-refractivity contribution is 0.388. The predicted octanol–water partition coefficient (Wildman–Crippen LogP) is 3.09. The van der Waals surface area contributed by atoms with Crippen LogP contribution in [0.1, 0.15) is 41.0 Å². The first-order valence-corrected chi connectivity index (χ1v) is 6.50. The van der Waals surface area contributed by atoms with Gasteiger partial charge < -0.3 is 10.1 Å². The zero-order valence-electron chi connectivity index (χ0n) is 11.4. The Labute approximate surface area is 104 Å². The maximum absolute atomic E-state index is 5.66. The number of methoxy groups -OCH3 is 1. The second kappa shape index (κ2) is 5.09. The summed E-state index contributed by atoms with van der Waals surface area (Å²) in [6.07, 6.45) is 2.53. The monoisotopic (exact) mass is 233 g/mol. The average Bonchev–Trinajstić information content (AvgIpc) is 2.34. The Morgan fingerprint density at radius 2 is 2.00 bits per heavy atom. The number of piperidine rings is 1. The fraction of sp³-hybridized carbons (Fsp3) is 0.600. The van der Waals surface area contributed by atoms with Gasteiger partial charge in [0.2, 0.25) is 0 Å². The molecular weight excluding hydrogens is 210 g/mol. The van der Waals surface area contributed by atoms with Crippen LogP contribution in [0.5, 0.6) is 5.75 Å². The van der Waals surface area contributed by atoms with Crippen LogP contribution in [-0.2, 0) is 0 Å². The highest BCUT2D eigenvalue weighted by atomic mass is 16.5. The molecule has 1 aromatic rings. The molecule has 0 aromatic heterocycles. The summed E-state index contributed by atoms with van der Waals surface area (Å²) in [6, 6.07) is 2.29. The van der Waals surface area contributed by atoms with Gasteiger partial charge in [0.05, 0.1) is 7.11 Å². The summed E-state index contributed by atoms with van der Waals surface area (Å²) in [4.78, 5) is 0. The van der Waals surface area contributed by atoms with Gasteiger partial charge in [0.1, 0.15) is 5.75 Å². The van der Waals surface area contributed by atoms with Crippen molar-refractivity contribution in [3.63, 3.8) is 0 Å². The van der Waals surface area contributed by atoms with Gasteiger partial charge in [-0.05, 0) is 56.8 Å². The van der Waals surface area contributed by atoms with E-state index in [1.807, 2.05) is 0 Å². The molecule has 1 heterocycles. The van der Waals surface area contributed by atoms with Crippen LogP contribution < -0.4 is 10.1 Å². The van der Waals surface area contributed by atoms with Crippen LogP contribution >= 0.6 is 0 Å². The first kappa shape index (κ1) is 12.4. The van der Waals surface area contributed by atoms with Crippen LogP contribution in [0.15, 0.2) is 6.07 Å². The van der Waals surface area contributed by atoms with Crippen LogP contribution in [0.3, 0.4) is 0 Å². The largest absolute Gasteiger partial charge is 0.496 e. The number of rotatable bonds is 2. The summed E-state index contributed by atoms with van der Waals surface area (Å²) in [5.41, 5.74) is 5.41. The summed E-state index contributed by atoms with van der Waals surface area (Å²) in [6.45, 7) is 8.77. The number of nitrogens with one attached hydrogen (secondary N) is 1. The second-order valence-electron chi connectivity index (χ2n) is 5.13. The summed E-state index contributed by atoms with van der Waals surface area (Å²) in [5.74, 6) is 1.72. The van der Waals surface area contributed by atoms with Crippen molar-refractivity contribution in [1.29, 1.82) is 0 Å². The fourth-order valence-corrected chi connectivity index (χ4v) is 2.94. The highest BCUT2D eigenvalue weighted by molar-refractivity contribution is 5.51. The molecule has 2 nitrogen and oxygen atoms in total. The Morgan fingerprint density at radius 1 is 1.24 bits per heavy atom. The first-order chi connectivity index (χ1) is 8.15.